The Morgan fingerprint density at radius 1 is 1.30 bits per heavy atom. The number of carbonyl (C=O) groups excluding carboxylic acids is 1. The van der Waals surface area contributed by atoms with E-state index in [1.807, 2.05) is 24.3 Å². The minimum absolute atomic E-state index is 0.0609. The molecule has 0 saturated heterocycles. The van der Waals surface area contributed by atoms with Crippen LogP contribution < -0.4 is 16.4 Å². The Balaban J connectivity index is 0.00000232. The Morgan fingerprint density at radius 3 is 2.52 bits per heavy atom. The quantitative estimate of drug-likeness (QED) is 0.281. The number of hydrogen-bond acceptors (Lipinski definition) is 4. The maximum atomic E-state index is 10.9. The number of rotatable bonds is 9. The van der Waals surface area contributed by atoms with Gasteiger partial charge in [-0.05, 0) is 30.7 Å². The topological polar surface area (TPSA) is 88.7 Å². The van der Waals surface area contributed by atoms with Gasteiger partial charge in [0.25, 0.3) is 0 Å². The monoisotopic (exact) mass is 320 g/mol. The first kappa shape index (κ1) is 20.8. The summed E-state index contributed by atoms with van der Waals surface area (Å²) in [5, 5.41) is 6.08. The van der Waals surface area contributed by atoms with E-state index in [1.165, 1.54) is 12.5 Å². The fourth-order valence-electron chi connectivity index (χ4n) is 1.76. The average Bonchev–Trinajstić information content (AvgIpc) is 2.54. The second-order valence-electron chi connectivity index (χ2n) is 4.71. The molecule has 1 aromatic carbocycles. The van der Waals surface area contributed by atoms with Crippen LogP contribution in [-0.2, 0) is 16.1 Å². The van der Waals surface area contributed by atoms with Crippen LogP contribution in [-0.4, -0.2) is 38.5 Å². The number of amidine groups is 1. The Morgan fingerprint density at radius 2 is 1.96 bits per heavy atom. The Bertz CT molecular complexity index is 472. The number of aliphatic imine (C=N–C) groups is 1. The molecule has 0 radical (unpaired) electrons. The minimum Gasteiger partial charge on any atom is -0.386 e. The van der Waals surface area contributed by atoms with Gasteiger partial charge >= 0.3 is 0 Å². The molecule has 0 spiro atoms. The van der Waals surface area contributed by atoms with Crippen molar-refractivity contribution in [2.45, 2.75) is 19.9 Å². The standard InChI is InChI=1S/C15H24N4O2.C2H4/c1-12(20)19-14-6-4-13(5-7-14)10-17-8-3-9-18-15(16)11-21-2;1-2/h4-7,17H,3,8-11H2,1-2H3,(H2,16,18)(H,19,20);1-2H2. The zero-order valence-corrected chi connectivity index (χ0v) is 14.1. The summed E-state index contributed by atoms with van der Waals surface area (Å²) in [5.74, 6) is 0.472. The number of nitrogens with two attached hydrogens (primary N) is 1. The van der Waals surface area contributed by atoms with Gasteiger partial charge in [-0.15, -0.1) is 13.2 Å². The van der Waals surface area contributed by atoms with Crippen LogP contribution in [0.1, 0.15) is 18.9 Å². The molecule has 23 heavy (non-hydrogen) atoms. The summed E-state index contributed by atoms with van der Waals surface area (Å²) in [7, 11) is 1.60. The maximum absolute atomic E-state index is 10.9. The molecule has 6 heteroatoms. The summed E-state index contributed by atoms with van der Waals surface area (Å²) in [6, 6.07) is 7.78. The molecule has 0 aromatic heterocycles. The molecule has 0 fully saturated rings. The lowest BCUT2D eigenvalue weighted by atomic mass is 10.2. The molecular weight excluding hydrogens is 292 g/mol. The van der Waals surface area contributed by atoms with Gasteiger partial charge in [-0.1, -0.05) is 12.1 Å². The van der Waals surface area contributed by atoms with Crippen LogP contribution in [0.3, 0.4) is 0 Å². The Kier molecular flexibility index (Phi) is 12.2. The highest BCUT2D eigenvalue weighted by molar-refractivity contribution is 5.88. The second kappa shape index (κ2) is 13.5. The summed E-state index contributed by atoms with van der Waals surface area (Å²) in [6.45, 7) is 10.2. The minimum atomic E-state index is -0.0609. The first-order valence-electron chi connectivity index (χ1n) is 7.47. The third-order valence-electron chi connectivity index (χ3n) is 2.72. The predicted octanol–water partition coefficient (Wildman–Crippen LogP) is 1.93. The van der Waals surface area contributed by atoms with Crippen molar-refractivity contribution in [2.75, 3.05) is 32.1 Å². The fourth-order valence-corrected chi connectivity index (χ4v) is 1.76. The molecule has 0 unspecified atom stereocenters. The number of carbonyl (C=O) groups is 1. The van der Waals surface area contributed by atoms with Crippen LogP contribution in [0.5, 0.6) is 0 Å². The van der Waals surface area contributed by atoms with Crippen molar-refractivity contribution in [3.63, 3.8) is 0 Å². The van der Waals surface area contributed by atoms with Crippen LogP contribution in [0.15, 0.2) is 42.4 Å². The molecule has 128 valence electrons. The molecule has 0 atom stereocenters. The number of anilines is 1. The van der Waals surface area contributed by atoms with E-state index in [2.05, 4.69) is 28.8 Å². The molecule has 0 saturated carbocycles. The van der Waals surface area contributed by atoms with Gasteiger partial charge in [0.15, 0.2) is 0 Å². The lowest BCUT2D eigenvalue weighted by molar-refractivity contribution is -0.114. The molecule has 0 aliphatic carbocycles. The number of hydrogen-bond donors (Lipinski definition) is 3. The SMILES string of the molecule is C=C.COCC(N)=NCCCNCc1ccc(NC(C)=O)cc1. The molecular formula is C17H28N4O2. The highest BCUT2D eigenvalue weighted by Gasteiger charge is 1.96. The first-order valence-corrected chi connectivity index (χ1v) is 7.47. The third-order valence-corrected chi connectivity index (χ3v) is 2.72. The number of nitrogens with one attached hydrogen (secondary N) is 2. The molecule has 0 aliphatic rings. The van der Waals surface area contributed by atoms with Crippen molar-refractivity contribution in [2.24, 2.45) is 10.7 Å². The van der Waals surface area contributed by atoms with Gasteiger partial charge in [-0.25, -0.2) is 0 Å². The molecule has 6 nitrogen and oxygen atoms in total. The number of benzene rings is 1. The Labute approximate surface area is 138 Å². The maximum Gasteiger partial charge on any atom is 0.221 e. The zero-order chi connectivity index (χ0) is 17.5. The van der Waals surface area contributed by atoms with Crippen molar-refractivity contribution >= 4 is 17.4 Å². The summed E-state index contributed by atoms with van der Waals surface area (Å²) in [4.78, 5) is 15.1. The van der Waals surface area contributed by atoms with Gasteiger partial charge < -0.3 is 21.1 Å². The first-order chi connectivity index (χ1) is 11.1. The van der Waals surface area contributed by atoms with Crippen LogP contribution in [0.4, 0.5) is 5.69 Å². The lowest BCUT2D eigenvalue weighted by Crippen LogP contribution is -2.20. The molecule has 0 aliphatic heterocycles. The van der Waals surface area contributed by atoms with E-state index < -0.39 is 0 Å². The van der Waals surface area contributed by atoms with Crippen LogP contribution in [0.25, 0.3) is 0 Å². The van der Waals surface area contributed by atoms with Gasteiger partial charge in [0.2, 0.25) is 5.91 Å². The fraction of sp³-hybridized carbons (Fsp3) is 0.412. The lowest BCUT2D eigenvalue weighted by Gasteiger charge is -2.06. The average molecular weight is 320 g/mol. The smallest absolute Gasteiger partial charge is 0.221 e. The van der Waals surface area contributed by atoms with Crippen molar-refractivity contribution in [3.8, 4) is 0 Å². The summed E-state index contributed by atoms with van der Waals surface area (Å²) >= 11 is 0. The zero-order valence-electron chi connectivity index (χ0n) is 14.1. The largest absolute Gasteiger partial charge is 0.386 e. The number of amides is 1. The van der Waals surface area contributed by atoms with E-state index in [1.54, 1.807) is 7.11 Å². The third kappa shape index (κ3) is 11.1. The van der Waals surface area contributed by atoms with Gasteiger partial charge in [-0.3, -0.25) is 9.79 Å². The highest BCUT2D eigenvalue weighted by Crippen LogP contribution is 2.09. The number of nitrogens with zero attached hydrogens (tertiary/aromatic N) is 1. The van der Waals surface area contributed by atoms with E-state index >= 15 is 0 Å². The predicted molar refractivity (Wildman–Crippen MR) is 96.7 cm³/mol. The Hall–Kier alpha value is -2.18. The van der Waals surface area contributed by atoms with Gasteiger partial charge in [-0.2, -0.15) is 0 Å². The van der Waals surface area contributed by atoms with Gasteiger partial charge in [0.05, 0.1) is 0 Å². The van der Waals surface area contributed by atoms with Crippen LogP contribution in [0, 0.1) is 0 Å². The second-order valence-corrected chi connectivity index (χ2v) is 4.71. The summed E-state index contributed by atoms with van der Waals surface area (Å²) in [5.41, 5.74) is 7.60. The van der Waals surface area contributed by atoms with E-state index in [-0.39, 0.29) is 5.91 Å². The highest BCUT2D eigenvalue weighted by atomic mass is 16.5. The molecule has 0 bridgehead atoms. The van der Waals surface area contributed by atoms with Crippen molar-refractivity contribution in [1.29, 1.82) is 0 Å². The number of ether oxygens (including phenoxy) is 1. The summed E-state index contributed by atoms with van der Waals surface area (Å²) < 4.78 is 4.88. The van der Waals surface area contributed by atoms with E-state index in [0.29, 0.717) is 19.0 Å². The van der Waals surface area contributed by atoms with Crippen LogP contribution >= 0.6 is 0 Å². The molecule has 1 amide bonds. The van der Waals surface area contributed by atoms with Gasteiger partial charge in [0.1, 0.15) is 12.4 Å². The molecule has 0 heterocycles. The normalized spacial score (nSPS) is 10.6. The van der Waals surface area contributed by atoms with Crippen molar-refractivity contribution in [1.82, 2.24) is 5.32 Å². The van der Waals surface area contributed by atoms with E-state index in [9.17, 15) is 4.79 Å². The van der Waals surface area contributed by atoms with Gasteiger partial charge in [0, 0.05) is 32.8 Å². The van der Waals surface area contributed by atoms with Crippen LogP contribution in [0.2, 0.25) is 0 Å². The van der Waals surface area contributed by atoms with E-state index in [0.717, 1.165) is 25.2 Å². The molecule has 4 N–H and O–H groups in total. The molecule has 1 rings (SSSR count). The number of methoxy groups -OCH3 is 1. The van der Waals surface area contributed by atoms with E-state index in [4.69, 9.17) is 10.5 Å². The van der Waals surface area contributed by atoms with Crippen molar-refractivity contribution < 1.29 is 9.53 Å². The molecule has 1 aromatic rings. The van der Waals surface area contributed by atoms with Crippen molar-refractivity contribution in [3.05, 3.63) is 43.0 Å². The summed E-state index contributed by atoms with van der Waals surface area (Å²) in [6.07, 6.45) is 0.925.